The van der Waals surface area contributed by atoms with Crippen molar-refractivity contribution in [1.29, 1.82) is 0 Å². The second-order valence-electron chi connectivity index (χ2n) is 7.77. The van der Waals surface area contributed by atoms with Crippen molar-refractivity contribution in [1.82, 2.24) is 20.0 Å². The SMILES string of the molecule is CN(C)C/C=C/C(=O)N1CCCC1.COc1cc(C#Cc2[nH]nc(N)c2C(N)=O)cc(OC)c1. The third-order valence-corrected chi connectivity index (χ3v) is 4.87. The summed E-state index contributed by atoms with van der Waals surface area (Å²) in [5.74, 6) is 6.37. The fourth-order valence-electron chi connectivity index (χ4n) is 3.12. The summed E-state index contributed by atoms with van der Waals surface area (Å²) < 4.78 is 10.3. The number of methoxy groups -OCH3 is 2. The number of H-pyrrole nitrogens is 1. The van der Waals surface area contributed by atoms with E-state index in [-0.39, 0.29) is 23.0 Å². The normalized spacial score (nSPS) is 12.7. The van der Waals surface area contributed by atoms with E-state index in [0.717, 1.165) is 32.5 Å². The summed E-state index contributed by atoms with van der Waals surface area (Å²) >= 11 is 0. The Kier molecular flexibility index (Phi) is 9.98. The molecule has 1 aromatic heterocycles. The fraction of sp³-hybridized carbons (Fsp3) is 0.375. The first-order valence-corrected chi connectivity index (χ1v) is 10.7. The predicted molar refractivity (Wildman–Crippen MR) is 131 cm³/mol. The van der Waals surface area contributed by atoms with Crippen LogP contribution in [-0.4, -0.2) is 79.8 Å². The molecule has 0 atom stereocenters. The molecular formula is C24H32N6O4. The van der Waals surface area contributed by atoms with Crippen LogP contribution in [0, 0.1) is 11.8 Å². The average molecular weight is 469 g/mol. The monoisotopic (exact) mass is 468 g/mol. The van der Waals surface area contributed by atoms with Gasteiger partial charge in [-0.3, -0.25) is 14.7 Å². The highest BCUT2D eigenvalue weighted by molar-refractivity contribution is 5.99. The lowest BCUT2D eigenvalue weighted by molar-refractivity contribution is -0.125. The molecule has 2 aromatic rings. The van der Waals surface area contributed by atoms with Gasteiger partial charge in [0, 0.05) is 37.3 Å². The summed E-state index contributed by atoms with van der Waals surface area (Å²) in [6.45, 7) is 2.70. The van der Waals surface area contributed by atoms with Crippen LogP contribution in [0.15, 0.2) is 30.4 Å². The minimum atomic E-state index is -0.686. The number of nitrogens with one attached hydrogen (secondary N) is 1. The van der Waals surface area contributed by atoms with Gasteiger partial charge in [0.1, 0.15) is 22.8 Å². The molecule has 1 saturated heterocycles. The van der Waals surface area contributed by atoms with Crippen LogP contribution in [0.5, 0.6) is 11.5 Å². The number of likely N-dealkylation sites (N-methyl/N-ethyl adjacent to an activating group) is 1. The molecule has 0 aliphatic carbocycles. The van der Waals surface area contributed by atoms with Crippen molar-refractivity contribution in [3.8, 4) is 23.3 Å². The van der Waals surface area contributed by atoms with Crippen LogP contribution in [0.2, 0.25) is 0 Å². The minimum Gasteiger partial charge on any atom is -0.497 e. The predicted octanol–water partition coefficient (Wildman–Crippen LogP) is 1.23. The molecule has 182 valence electrons. The van der Waals surface area contributed by atoms with Crippen LogP contribution < -0.4 is 20.9 Å². The Morgan fingerprint density at radius 1 is 1.15 bits per heavy atom. The summed E-state index contributed by atoms with van der Waals surface area (Å²) in [7, 11) is 7.08. The van der Waals surface area contributed by atoms with Crippen LogP contribution in [0.3, 0.4) is 0 Å². The van der Waals surface area contributed by atoms with Crippen LogP contribution >= 0.6 is 0 Å². The van der Waals surface area contributed by atoms with Gasteiger partial charge >= 0.3 is 0 Å². The van der Waals surface area contributed by atoms with Gasteiger partial charge in [-0.2, -0.15) is 5.10 Å². The molecule has 0 radical (unpaired) electrons. The van der Waals surface area contributed by atoms with Gasteiger partial charge in [-0.25, -0.2) is 0 Å². The number of anilines is 1. The summed E-state index contributed by atoms with van der Waals surface area (Å²) in [6, 6.07) is 5.20. The fourth-order valence-corrected chi connectivity index (χ4v) is 3.12. The smallest absolute Gasteiger partial charge is 0.255 e. The zero-order valence-electron chi connectivity index (χ0n) is 20.1. The molecule has 0 saturated carbocycles. The number of hydrogen-bond acceptors (Lipinski definition) is 7. The number of nitrogens with zero attached hydrogens (tertiary/aromatic N) is 3. The Hall–Kier alpha value is -3.97. The zero-order valence-corrected chi connectivity index (χ0v) is 20.1. The van der Waals surface area contributed by atoms with Crippen molar-refractivity contribution in [3.05, 3.63) is 47.2 Å². The Balaban J connectivity index is 0.000000270. The number of carbonyl (C=O) groups is 2. The maximum Gasteiger partial charge on any atom is 0.255 e. The summed E-state index contributed by atoms with van der Waals surface area (Å²) in [4.78, 5) is 26.7. The van der Waals surface area contributed by atoms with Crippen molar-refractivity contribution in [2.24, 2.45) is 5.73 Å². The highest BCUT2D eigenvalue weighted by Crippen LogP contribution is 2.22. The maximum absolute atomic E-state index is 11.4. The van der Waals surface area contributed by atoms with Crippen molar-refractivity contribution >= 4 is 17.6 Å². The van der Waals surface area contributed by atoms with Gasteiger partial charge < -0.3 is 30.7 Å². The summed E-state index contributed by atoms with van der Waals surface area (Å²) in [6.07, 6.45) is 5.92. The van der Waals surface area contributed by atoms with Gasteiger partial charge in [-0.05, 0) is 45.0 Å². The maximum atomic E-state index is 11.4. The van der Waals surface area contributed by atoms with E-state index in [0.29, 0.717) is 17.1 Å². The Morgan fingerprint density at radius 3 is 2.29 bits per heavy atom. The number of benzene rings is 1. The van der Waals surface area contributed by atoms with E-state index in [4.69, 9.17) is 20.9 Å². The molecule has 1 aliphatic rings. The first kappa shape index (κ1) is 26.3. The molecule has 0 bridgehead atoms. The Labute approximate surface area is 199 Å². The third kappa shape index (κ3) is 7.86. The van der Waals surface area contributed by atoms with E-state index in [2.05, 4.69) is 22.0 Å². The molecule has 1 aliphatic heterocycles. The third-order valence-electron chi connectivity index (χ3n) is 4.87. The lowest BCUT2D eigenvalue weighted by Gasteiger charge is -2.12. The molecule has 3 rings (SSSR count). The van der Waals surface area contributed by atoms with E-state index < -0.39 is 5.91 Å². The van der Waals surface area contributed by atoms with E-state index >= 15 is 0 Å². The molecule has 2 amide bonds. The van der Waals surface area contributed by atoms with E-state index in [1.54, 1.807) is 38.5 Å². The number of amides is 2. The summed E-state index contributed by atoms with van der Waals surface area (Å²) in [5, 5.41) is 6.29. The number of nitrogen functional groups attached to an aromatic ring is 1. The van der Waals surface area contributed by atoms with Gasteiger partial charge in [0.2, 0.25) is 5.91 Å². The van der Waals surface area contributed by atoms with Crippen LogP contribution in [0.25, 0.3) is 0 Å². The summed E-state index contributed by atoms with van der Waals surface area (Å²) in [5.41, 5.74) is 11.8. The number of likely N-dealkylation sites (tertiary alicyclic amines) is 1. The van der Waals surface area contributed by atoms with Gasteiger partial charge in [0.25, 0.3) is 5.91 Å². The molecule has 1 fully saturated rings. The number of hydrogen-bond donors (Lipinski definition) is 3. The Morgan fingerprint density at radius 2 is 1.76 bits per heavy atom. The highest BCUT2D eigenvalue weighted by atomic mass is 16.5. The number of rotatable bonds is 6. The molecular weight excluding hydrogens is 436 g/mol. The number of ether oxygens (including phenoxy) is 2. The molecule has 0 spiro atoms. The topological polar surface area (TPSA) is 140 Å². The molecule has 2 heterocycles. The van der Waals surface area contributed by atoms with Crippen LogP contribution in [0.4, 0.5) is 5.82 Å². The van der Waals surface area contributed by atoms with Crippen molar-refractivity contribution in [3.63, 3.8) is 0 Å². The van der Waals surface area contributed by atoms with Crippen LogP contribution in [0.1, 0.15) is 34.5 Å². The largest absolute Gasteiger partial charge is 0.497 e. The second-order valence-corrected chi connectivity index (χ2v) is 7.77. The molecule has 1 aromatic carbocycles. The zero-order chi connectivity index (χ0) is 25.1. The average Bonchev–Trinajstić information content (AvgIpc) is 3.47. The van der Waals surface area contributed by atoms with Gasteiger partial charge in [0.15, 0.2) is 5.82 Å². The number of carbonyl (C=O) groups excluding carboxylic acids is 2. The van der Waals surface area contributed by atoms with Crippen LogP contribution in [-0.2, 0) is 4.79 Å². The van der Waals surface area contributed by atoms with Crippen molar-refractivity contribution in [2.75, 3.05) is 53.7 Å². The lowest BCUT2D eigenvalue weighted by Crippen LogP contribution is -2.25. The van der Waals surface area contributed by atoms with Gasteiger partial charge in [-0.1, -0.05) is 12.0 Å². The molecule has 10 heteroatoms. The standard InChI is InChI=1S/C14H14N4O3.C10H18N2O/c1-20-9-5-8(6-10(7-9)21-2)3-4-11-12(14(16)19)13(15)18-17-11;1-11(2)7-5-6-10(13)12-8-3-4-9-12/h5-7H,1-2H3,(H2,16,19)(H3,15,17,18);5-6H,3-4,7-9H2,1-2H3/b;6-5+. The quantitative estimate of drug-likeness (QED) is 0.428. The first-order chi connectivity index (χ1) is 16.2. The molecule has 0 unspecified atom stereocenters. The first-order valence-electron chi connectivity index (χ1n) is 10.7. The second kappa shape index (κ2) is 12.9. The van der Waals surface area contributed by atoms with Gasteiger partial charge in [0.05, 0.1) is 14.2 Å². The number of aromatic amines is 1. The molecule has 5 N–H and O–H groups in total. The number of primary amides is 1. The van der Waals surface area contributed by atoms with E-state index in [1.807, 2.05) is 30.0 Å². The van der Waals surface area contributed by atoms with E-state index in [9.17, 15) is 9.59 Å². The minimum absolute atomic E-state index is 0.0232. The van der Waals surface area contributed by atoms with Gasteiger partial charge in [-0.15, -0.1) is 0 Å². The number of aromatic nitrogens is 2. The highest BCUT2D eigenvalue weighted by Gasteiger charge is 2.15. The van der Waals surface area contributed by atoms with Crippen molar-refractivity contribution < 1.29 is 19.1 Å². The molecule has 34 heavy (non-hydrogen) atoms. The molecule has 10 nitrogen and oxygen atoms in total. The Bertz CT molecular complexity index is 1050. The van der Waals surface area contributed by atoms with Crippen molar-refractivity contribution in [2.45, 2.75) is 12.8 Å². The number of nitrogens with two attached hydrogens (primary N) is 2. The van der Waals surface area contributed by atoms with E-state index in [1.165, 1.54) is 0 Å². The lowest BCUT2D eigenvalue weighted by atomic mass is 10.1.